The summed E-state index contributed by atoms with van der Waals surface area (Å²) in [6.07, 6.45) is 19.0. The first-order chi connectivity index (χ1) is 11.2. The third-order valence-electron chi connectivity index (χ3n) is 3.90. The molecule has 0 heterocycles. The average Bonchev–Trinajstić information content (AvgIpc) is 2.56. The van der Waals surface area contributed by atoms with Gasteiger partial charge in [0.1, 0.15) is 6.10 Å². The lowest BCUT2D eigenvalue weighted by Crippen LogP contribution is -2.20. The fourth-order valence-corrected chi connectivity index (χ4v) is 2.35. The van der Waals surface area contributed by atoms with E-state index in [1.54, 1.807) is 0 Å². The van der Waals surface area contributed by atoms with Crippen molar-refractivity contribution in [2.75, 3.05) is 6.61 Å². The van der Waals surface area contributed by atoms with Gasteiger partial charge in [-0.3, -0.25) is 4.79 Å². The molecule has 0 aliphatic heterocycles. The van der Waals surface area contributed by atoms with E-state index in [9.17, 15) is 4.79 Å². The van der Waals surface area contributed by atoms with E-state index < -0.39 is 0 Å². The van der Waals surface area contributed by atoms with E-state index in [1.807, 2.05) is 13.0 Å². The van der Waals surface area contributed by atoms with Crippen LogP contribution < -0.4 is 0 Å². The van der Waals surface area contributed by atoms with Crippen LogP contribution in [0.2, 0.25) is 0 Å². The van der Waals surface area contributed by atoms with Crippen LogP contribution in [0.5, 0.6) is 0 Å². The Morgan fingerprint density at radius 1 is 1.00 bits per heavy atom. The SMILES string of the molecule is C=CCCC/C=C\CCCCCCCCC(=O)OC(CC)CO. The summed E-state index contributed by atoms with van der Waals surface area (Å²) >= 11 is 0. The number of aliphatic hydroxyl groups is 1. The molecule has 0 radical (unpaired) electrons. The smallest absolute Gasteiger partial charge is 0.306 e. The molecule has 134 valence electrons. The lowest BCUT2D eigenvalue weighted by molar-refractivity contribution is -0.151. The van der Waals surface area contributed by atoms with Crippen LogP contribution >= 0.6 is 0 Å². The second-order valence-electron chi connectivity index (χ2n) is 6.05. The highest BCUT2D eigenvalue weighted by Gasteiger charge is 2.10. The van der Waals surface area contributed by atoms with Crippen molar-refractivity contribution in [2.24, 2.45) is 0 Å². The van der Waals surface area contributed by atoms with Crippen LogP contribution in [0.3, 0.4) is 0 Å². The van der Waals surface area contributed by atoms with Gasteiger partial charge in [-0.15, -0.1) is 6.58 Å². The van der Waals surface area contributed by atoms with Gasteiger partial charge in [0.25, 0.3) is 0 Å². The summed E-state index contributed by atoms with van der Waals surface area (Å²) in [5.41, 5.74) is 0. The molecule has 0 aromatic carbocycles. The summed E-state index contributed by atoms with van der Waals surface area (Å²) < 4.78 is 5.15. The first-order valence-electron chi connectivity index (χ1n) is 9.30. The Morgan fingerprint density at radius 3 is 2.22 bits per heavy atom. The minimum atomic E-state index is -0.327. The highest BCUT2D eigenvalue weighted by Crippen LogP contribution is 2.10. The largest absolute Gasteiger partial charge is 0.460 e. The van der Waals surface area contributed by atoms with E-state index in [0.29, 0.717) is 12.8 Å². The molecule has 0 saturated heterocycles. The molecule has 0 fully saturated rings. The molecule has 1 N–H and O–H groups in total. The molecule has 0 aliphatic carbocycles. The summed E-state index contributed by atoms with van der Waals surface area (Å²) in [5, 5.41) is 8.97. The van der Waals surface area contributed by atoms with E-state index in [0.717, 1.165) is 25.7 Å². The van der Waals surface area contributed by atoms with E-state index in [4.69, 9.17) is 9.84 Å². The quantitative estimate of drug-likeness (QED) is 0.237. The highest BCUT2D eigenvalue weighted by atomic mass is 16.5. The molecule has 0 aliphatic rings. The Labute approximate surface area is 142 Å². The molecule has 0 amide bonds. The van der Waals surface area contributed by atoms with Crippen molar-refractivity contribution in [1.29, 1.82) is 0 Å². The fourth-order valence-electron chi connectivity index (χ4n) is 2.35. The number of allylic oxidation sites excluding steroid dienone is 3. The number of carbonyl (C=O) groups is 1. The van der Waals surface area contributed by atoms with Crippen molar-refractivity contribution in [3.63, 3.8) is 0 Å². The summed E-state index contributed by atoms with van der Waals surface area (Å²) in [4.78, 5) is 11.5. The first kappa shape index (κ1) is 21.9. The zero-order valence-electron chi connectivity index (χ0n) is 15.0. The Kier molecular flexibility index (Phi) is 16.4. The first-order valence-corrected chi connectivity index (χ1v) is 9.30. The maximum atomic E-state index is 11.5. The van der Waals surface area contributed by atoms with Gasteiger partial charge in [-0.2, -0.15) is 0 Å². The van der Waals surface area contributed by atoms with Gasteiger partial charge in [-0.05, 0) is 44.9 Å². The topological polar surface area (TPSA) is 46.5 Å². The average molecular weight is 325 g/mol. The summed E-state index contributed by atoms with van der Waals surface area (Å²) in [7, 11) is 0. The van der Waals surface area contributed by atoms with Crippen LogP contribution in [0.1, 0.15) is 84.0 Å². The number of unbranched alkanes of at least 4 members (excludes halogenated alkanes) is 8. The van der Waals surface area contributed by atoms with Gasteiger partial charge >= 0.3 is 5.97 Å². The Balaban J connectivity index is 3.30. The van der Waals surface area contributed by atoms with Crippen molar-refractivity contribution in [2.45, 2.75) is 90.1 Å². The lowest BCUT2D eigenvalue weighted by atomic mass is 10.1. The molecule has 3 nitrogen and oxygen atoms in total. The number of hydrogen-bond donors (Lipinski definition) is 1. The second-order valence-corrected chi connectivity index (χ2v) is 6.05. The molecule has 23 heavy (non-hydrogen) atoms. The van der Waals surface area contributed by atoms with Crippen LogP contribution in [-0.2, 0) is 9.53 Å². The van der Waals surface area contributed by atoms with Crippen molar-refractivity contribution in [3.05, 3.63) is 24.8 Å². The minimum Gasteiger partial charge on any atom is -0.460 e. The van der Waals surface area contributed by atoms with Gasteiger partial charge < -0.3 is 9.84 Å². The zero-order chi connectivity index (χ0) is 17.2. The van der Waals surface area contributed by atoms with Crippen LogP contribution in [0.4, 0.5) is 0 Å². The molecule has 0 aromatic rings. The van der Waals surface area contributed by atoms with Crippen molar-refractivity contribution >= 4 is 5.97 Å². The predicted octanol–water partition coefficient (Wildman–Crippen LogP) is 5.33. The maximum Gasteiger partial charge on any atom is 0.306 e. The molecule has 0 saturated carbocycles. The van der Waals surface area contributed by atoms with E-state index in [-0.39, 0.29) is 18.7 Å². The summed E-state index contributed by atoms with van der Waals surface area (Å²) in [6, 6.07) is 0. The number of carbonyl (C=O) groups excluding carboxylic acids is 1. The molecular formula is C20H36O3. The third kappa shape index (κ3) is 15.6. The van der Waals surface area contributed by atoms with Crippen molar-refractivity contribution in [1.82, 2.24) is 0 Å². The molecule has 1 unspecified atom stereocenters. The van der Waals surface area contributed by atoms with Gasteiger partial charge in [0.15, 0.2) is 0 Å². The normalized spacial score (nSPS) is 12.4. The number of aliphatic hydroxyl groups excluding tert-OH is 1. The van der Waals surface area contributed by atoms with Gasteiger partial charge in [0.05, 0.1) is 6.61 Å². The zero-order valence-corrected chi connectivity index (χ0v) is 15.0. The van der Waals surface area contributed by atoms with E-state index >= 15 is 0 Å². The maximum absolute atomic E-state index is 11.5. The number of esters is 1. The highest BCUT2D eigenvalue weighted by molar-refractivity contribution is 5.69. The van der Waals surface area contributed by atoms with Crippen LogP contribution in [0.25, 0.3) is 0 Å². The number of ether oxygens (including phenoxy) is 1. The molecule has 1 atom stereocenters. The molecular weight excluding hydrogens is 288 g/mol. The van der Waals surface area contributed by atoms with Crippen molar-refractivity contribution in [3.8, 4) is 0 Å². The molecule has 3 heteroatoms. The molecule has 0 spiro atoms. The third-order valence-corrected chi connectivity index (χ3v) is 3.90. The molecule has 0 rings (SSSR count). The number of rotatable bonds is 16. The van der Waals surface area contributed by atoms with Crippen LogP contribution in [0.15, 0.2) is 24.8 Å². The fraction of sp³-hybridized carbons (Fsp3) is 0.750. The lowest BCUT2D eigenvalue weighted by Gasteiger charge is -2.12. The van der Waals surface area contributed by atoms with Gasteiger partial charge in [-0.25, -0.2) is 0 Å². The van der Waals surface area contributed by atoms with Gasteiger partial charge in [-0.1, -0.05) is 50.8 Å². The van der Waals surface area contributed by atoms with E-state index in [1.165, 1.54) is 38.5 Å². The molecule has 0 aromatic heterocycles. The predicted molar refractivity (Wildman–Crippen MR) is 97.4 cm³/mol. The molecule has 0 bridgehead atoms. The standard InChI is InChI=1S/C20H36O3/c1-3-5-6-7-8-9-10-11-12-13-14-15-16-17-20(22)23-19(4-2)18-21/h3,8-9,19,21H,1,4-7,10-18H2,2H3/b9-8-. The monoisotopic (exact) mass is 324 g/mol. The van der Waals surface area contributed by atoms with Crippen LogP contribution in [0, 0.1) is 0 Å². The minimum absolute atomic E-state index is 0.0784. The van der Waals surface area contributed by atoms with Crippen LogP contribution in [-0.4, -0.2) is 23.8 Å². The second kappa shape index (κ2) is 17.3. The summed E-state index contributed by atoms with van der Waals surface area (Å²) in [6.45, 7) is 5.55. The summed E-state index contributed by atoms with van der Waals surface area (Å²) in [5.74, 6) is -0.174. The van der Waals surface area contributed by atoms with Crippen molar-refractivity contribution < 1.29 is 14.6 Å². The van der Waals surface area contributed by atoms with E-state index in [2.05, 4.69) is 18.7 Å². The van der Waals surface area contributed by atoms with Gasteiger partial charge in [0.2, 0.25) is 0 Å². The Bertz CT molecular complexity index is 306. The Morgan fingerprint density at radius 2 is 1.61 bits per heavy atom. The Hall–Kier alpha value is -1.09. The number of hydrogen-bond acceptors (Lipinski definition) is 3. The van der Waals surface area contributed by atoms with Gasteiger partial charge in [0, 0.05) is 6.42 Å².